The minimum atomic E-state index is -0.482. The third-order valence-corrected chi connectivity index (χ3v) is 3.14. The van der Waals surface area contributed by atoms with Gasteiger partial charge < -0.3 is 9.73 Å². The van der Waals surface area contributed by atoms with Crippen LogP contribution in [0.4, 0.5) is 11.4 Å². The first-order chi connectivity index (χ1) is 8.56. The molecular weight excluding hydrogens is 370 g/mol. The summed E-state index contributed by atoms with van der Waals surface area (Å²) < 4.78 is 6.18. The van der Waals surface area contributed by atoms with Crippen molar-refractivity contribution in [1.82, 2.24) is 0 Å². The van der Waals surface area contributed by atoms with Gasteiger partial charge in [-0.2, -0.15) is 0 Å². The van der Waals surface area contributed by atoms with Gasteiger partial charge in [-0.05, 0) is 40.8 Å². The Morgan fingerprint density at radius 2 is 2.17 bits per heavy atom. The summed E-state index contributed by atoms with van der Waals surface area (Å²) in [6.07, 6.45) is 0. The Morgan fingerprint density at radius 1 is 1.39 bits per heavy atom. The highest BCUT2D eigenvalue weighted by atomic mass is 127. The molecule has 7 heteroatoms. The fourth-order valence-corrected chi connectivity index (χ4v) is 2.09. The zero-order valence-corrected chi connectivity index (χ0v) is 11.9. The average molecular weight is 379 g/mol. The monoisotopic (exact) mass is 378 g/mol. The highest BCUT2D eigenvalue weighted by Crippen LogP contribution is 2.27. The van der Waals surface area contributed by atoms with Crippen molar-refractivity contribution in [2.75, 3.05) is 5.32 Å². The molecule has 18 heavy (non-hydrogen) atoms. The van der Waals surface area contributed by atoms with Crippen LogP contribution in [0.25, 0.3) is 0 Å². The maximum Gasteiger partial charge on any atom is 0.271 e. The number of non-ortho nitro benzene ring substituents is 1. The van der Waals surface area contributed by atoms with Gasteiger partial charge in [0.1, 0.15) is 5.76 Å². The molecule has 0 aliphatic heterocycles. The normalized spacial score (nSPS) is 10.3. The highest BCUT2D eigenvalue weighted by molar-refractivity contribution is 14.1. The fourth-order valence-electron chi connectivity index (χ4n) is 1.39. The Bertz CT molecular complexity index is 585. The number of nitrogens with zero attached hydrogens (tertiary/aromatic N) is 1. The lowest BCUT2D eigenvalue weighted by Crippen LogP contribution is -1.99. The summed E-state index contributed by atoms with van der Waals surface area (Å²) >= 11 is 8.02. The van der Waals surface area contributed by atoms with Gasteiger partial charge in [-0.3, -0.25) is 10.1 Å². The summed E-state index contributed by atoms with van der Waals surface area (Å²) in [7, 11) is 0. The van der Waals surface area contributed by atoms with Crippen LogP contribution in [-0.4, -0.2) is 4.92 Å². The smallest absolute Gasteiger partial charge is 0.271 e. The quantitative estimate of drug-likeness (QED) is 0.495. The SMILES string of the molecule is O=[N+]([O-])c1ccc(NCc2ccc(I)o2)c(Cl)c1. The topological polar surface area (TPSA) is 68.3 Å². The molecule has 0 aliphatic carbocycles. The van der Waals surface area contributed by atoms with Gasteiger partial charge in [0.2, 0.25) is 0 Å². The van der Waals surface area contributed by atoms with Crippen LogP contribution in [0.1, 0.15) is 5.76 Å². The number of nitro benzene ring substituents is 1. The highest BCUT2D eigenvalue weighted by Gasteiger charge is 2.09. The van der Waals surface area contributed by atoms with Gasteiger partial charge in [-0.25, -0.2) is 0 Å². The zero-order valence-electron chi connectivity index (χ0n) is 9.02. The minimum Gasteiger partial charge on any atom is -0.454 e. The van der Waals surface area contributed by atoms with Crippen molar-refractivity contribution in [3.8, 4) is 0 Å². The van der Waals surface area contributed by atoms with Crippen molar-refractivity contribution < 1.29 is 9.34 Å². The second kappa shape index (κ2) is 5.57. The Labute approximate surface area is 121 Å². The van der Waals surface area contributed by atoms with Gasteiger partial charge in [0, 0.05) is 12.1 Å². The van der Waals surface area contributed by atoms with E-state index >= 15 is 0 Å². The van der Waals surface area contributed by atoms with Gasteiger partial charge in [-0.15, -0.1) is 0 Å². The molecule has 0 atom stereocenters. The van der Waals surface area contributed by atoms with E-state index in [0.29, 0.717) is 17.3 Å². The molecule has 0 saturated carbocycles. The van der Waals surface area contributed by atoms with Crippen LogP contribution in [0.2, 0.25) is 5.02 Å². The van der Waals surface area contributed by atoms with Gasteiger partial charge in [0.05, 0.1) is 22.2 Å². The van der Waals surface area contributed by atoms with Gasteiger partial charge >= 0.3 is 0 Å². The van der Waals surface area contributed by atoms with Crippen molar-refractivity contribution >= 4 is 45.6 Å². The third kappa shape index (κ3) is 3.14. The van der Waals surface area contributed by atoms with Gasteiger partial charge in [0.15, 0.2) is 3.77 Å². The summed E-state index contributed by atoms with van der Waals surface area (Å²) in [6.45, 7) is 0.473. The number of halogens is 2. The van der Waals surface area contributed by atoms with Crippen molar-refractivity contribution in [3.63, 3.8) is 0 Å². The Hall–Kier alpha value is -1.28. The van der Waals surface area contributed by atoms with E-state index in [1.165, 1.54) is 12.1 Å². The number of hydrogen-bond donors (Lipinski definition) is 1. The van der Waals surface area contributed by atoms with Crippen LogP contribution in [0, 0.1) is 13.9 Å². The first-order valence-electron chi connectivity index (χ1n) is 4.98. The molecule has 0 aliphatic rings. The molecule has 0 radical (unpaired) electrons. The molecule has 94 valence electrons. The molecule has 0 unspecified atom stereocenters. The van der Waals surface area contributed by atoms with Crippen molar-refractivity contribution in [2.45, 2.75) is 6.54 Å². The molecule has 1 aromatic carbocycles. The molecule has 5 nitrogen and oxygen atoms in total. The third-order valence-electron chi connectivity index (χ3n) is 2.25. The van der Waals surface area contributed by atoms with E-state index in [2.05, 4.69) is 27.9 Å². The maximum atomic E-state index is 10.6. The average Bonchev–Trinajstić information content (AvgIpc) is 2.73. The Kier molecular flexibility index (Phi) is 4.07. The molecular formula is C11H8ClIN2O3. The number of nitrogens with one attached hydrogen (secondary N) is 1. The van der Waals surface area contributed by atoms with E-state index < -0.39 is 4.92 Å². The van der Waals surface area contributed by atoms with Crippen LogP contribution in [0.5, 0.6) is 0 Å². The second-order valence-electron chi connectivity index (χ2n) is 3.48. The lowest BCUT2D eigenvalue weighted by molar-refractivity contribution is -0.384. The molecule has 1 N–H and O–H groups in total. The summed E-state index contributed by atoms with van der Waals surface area (Å²) in [5.74, 6) is 0.772. The predicted octanol–water partition coefficient (Wildman–Crippen LogP) is 4.06. The maximum absolute atomic E-state index is 10.6. The van der Waals surface area contributed by atoms with E-state index in [-0.39, 0.29) is 5.69 Å². The van der Waals surface area contributed by atoms with Gasteiger partial charge in [-0.1, -0.05) is 11.6 Å². The molecule has 0 spiro atoms. The molecule has 0 saturated heterocycles. The first kappa shape index (κ1) is 13.2. The number of rotatable bonds is 4. The molecule has 1 heterocycles. The summed E-state index contributed by atoms with van der Waals surface area (Å²) in [6, 6.07) is 8.01. The lowest BCUT2D eigenvalue weighted by Gasteiger charge is -2.06. The van der Waals surface area contributed by atoms with E-state index in [1.807, 2.05) is 12.1 Å². The Balaban J connectivity index is 2.08. The zero-order chi connectivity index (χ0) is 13.1. The van der Waals surface area contributed by atoms with E-state index in [4.69, 9.17) is 16.0 Å². The van der Waals surface area contributed by atoms with Crippen LogP contribution >= 0.6 is 34.2 Å². The van der Waals surface area contributed by atoms with E-state index in [9.17, 15) is 10.1 Å². The number of anilines is 1. The molecule has 1 aromatic heterocycles. The number of nitro groups is 1. The van der Waals surface area contributed by atoms with Crippen molar-refractivity contribution in [2.24, 2.45) is 0 Å². The fraction of sp³-hybridized carbons (Fsp3) is 0.0909. The number of furan rings is 1. The van der Waals surface area contributed by atoms with Crippen LogP contribution in [-0.2, 0) is 6.54 Å². The molecule has 2 aromatic rings. The standard InChI is InChI=1S/C11H8ClIN2O3/c12-9-5-7(15(16)17)1-3-10(9)14-6-8-2-4-11(13)18-8/h1-5,14H,6H2. The second-order valence-corrected chi connectivity index (χ2v) is 4.95. The molecule has 0 fully saturated rings. The summed E-state index contributed by atoms with van der Waals surface area (Å²) in [4.78, 5) is 10.1. The summed E-state index contributed by atoms with van der Waals surface area (Å²) in [5, 5.41) is 13.9. The molecule has 2 rings (SSSR count). The number of hydrogen-bond acceptors (Lipinski definition) is 4. The molecule has 0 bridgehead atoms. The van der Waals surface area contributed by atoms with E-state index in [0.717, 1.165) is 9.53 Å². The van der Waals surface area contributed by atoms with Crippen LogP contribution in [0.3, 0.4) is 0 Å². The first-order valence-corrected chi connectivity index (χ1v) is 6.44. The van der Waals surface area contributed by atoms with Crippen molar-refractivity contribution in [3.05, 3.63) is 55.0 Å². The van der Waals surface area contributed by atoms with E-state index in [1.54, 1.807) is 6.07 Å². The lowest BCUT2D eigenvalue weighted by atomic mass is 10.3. The largest absolute Gasteiger partial charge is 0.454 e. The van der Waals surface area contributed by atoms with Crippen LogP contribution in [0.15, 0.2) is 34.7 Å². The minimum absolute atomic E-state index is 0.0295. The summed E-state index contributed by atoms with van der Waals surface area (Å²) in [5.41, 5.74) is 0.603. The predicted molar refractivity (Wildman–Crippen MR) is 76.9 cm³/mol. The van der Waals surface area contributed by atoms with Gasteiger partial charge in [0.25, 0.3) is 5.69 Å². The van der Waals surface area contributed by atoms with Crippen molar-refractivity contribution in [1.29, 1.82) is 0 Å². The number of benzene rings is 1. The van der Waals surface area contributed by atoms with Crippen LogP contribution < -0.4 is 5.32 Å². The molecule has 0 amide bonds. The Morgan fingerprint density at radius 3 is 2.72 bits per heavy atom.